The van der Waals surface area contributed by atoms with E-state index in [-0.39, 0.29) is 5.91 Å². The van der Waals surface area contributed by atoms with E-state index in [0.717, 1.165) is 23.2 Å². The van der Waals surface area contributed by atoms with Gasteiger partial charge in [-0.3, -0.25) is 4.79 Å². The number of benzene rings is 1. The highest BCUT2D eigenvalue weighted by atomic mass is 16.5. The predicted octanol–water partition coefficient (Wildman–Crippen LogP) is 2.08. The molecule has 0 spiro atoms. The largest absolute Gasteiger partial charge is 0.493 e. The molecule has 1 aromatic carbocycles. The number of carbonyl (C=O) groups is 1. The van der Waals surface area contributed by atoms with Crippen LogP contribution in [0.1, 0.15) is 18.1 Å². The first kappa shape index (κ1) is 12.5. The van der Waals surface area contributed by atoms with Crippen molar-refractivity contribution in [2.45, 2.75) is 13.3 Å². The fourth-order valence-corrected chi connectivity index (χ4v) is 2.26. The monoisotopic (exact) mass is 247 g/mol. The normalized spacial score (nSPS) is 14.2. The van der Waals surface area contributed by atoms with Gasteiger partial charge in [0.25, 0.3) is 0 Å². The van der Waals surface area contributed by atoms with E-state index >= 15 is 0 Å². The number of fused-ring (bicyclic) bond motifs is 1. The van der Waals surface area contributed by atoms with E-state index in [9.17, 15) is 4.79 Å². The summed E-state index contributed by atoms with van der Waals surface area (Å²) in [6, 6.07) is 3.84. The second-order valence-corrected chi connectivity index (χ2v) is 4.23. The molecule has 0 radical (unpaired) electrons. The van der Waals surface area contributed by atoms with Crippen LogP contribution in [0.25, 0.3) is 5.70 Å². The van der Waals surface area contributed by atoms with Gasteiger partial charge in [0, 0.05) is 24.7 Å². The molecule has 1 amide bonds. The molecular weight excluding hydrogens is 230 g/mol. The molecule has 0 unspecified atom stereocenters. The summed E-state index contributed by atoms with van der Waals surface area (Å²) in [5.41, 5.74) is 2.81. The number of methoxy groups -OCH3 is 2. The topological polar surface area (TPSA) is 38.8 Å². The van der Waals surface area contributed by atoms with Crippen LogP contribution in [0.15, 0.2) is 18.7 Å². The van der Waals surface area contributed by atoms with E-state index in [2.05, 4.69) is 6.58 Å². The van der Waals surface area contributed by atoms with Gasteiger partial charge in [-0.1, -0.05) is 6.58 Å². The minimum atomic E-state index is 0.0143. The molecule has 0 bridgehead atoms. The van der Waals surface area contributed by atoms with Crippen molar-refractivity contribution < 1.29 is 14.3 Å². The van der Waals surface area contributed by atoms with Gasteiger partial charge in [-0.2, -0.15) is 0 Å². The number of carbonyl (C=O) groups excluding carboxylic acids is 1. The molecule has 0 saturated heterocycles. The van der Waals surface area contributed by atoms with Crippen LogP contribution in [0.5, 0.6) is 11.5 Å². The Morgan fingerprint density at radius 3 is 2.44 bits per heavy atom. The van der Waals surface area contributed by atoms with Crippen LogP contribution in [0.4, 0.5) is 0 Å². The van der Waals surface area contributed by atoms with Crippen LogP contribution in [0.2, 0.25) is 0 Å². The molecule has 1 aliphatic heterocycles. The lowest BCUT2D eigenvalue weighted by atomic mass is 9.96. The summed E-state index contributed by atoms with van der Waals surface area (Å²) in [7, 11) is 3.21. The van der Waals surface area contributed by atoms with E-state index in [1.165, 1.54) is 0 Å². The molecule has 96 valence electrons. The Balaban J connectivity index is 2.48. The maximum atomic E-state index is 11.5. The molecular formula is C14H17NO3. The van der Waals surface area contributed by atoms with E-state index < -0.39 is 0 Å². The van der Waals surface area contributed by atoms with Gasteiger partial charge in [-0.05, 0) is 24.1 Å². The van der Waals surface area contributed by atoms with Gasteiger partial charge >= 0.3 is 0 Å². The maximum Gasteiger partial charge on any atom is 0.223 e. The average molecular weight is 247 g/mol. The summed E-state index contributed by atoms with van der Waals surface area (Å²) < 4.78 is 10.6. The smallest absolute Gasteiger partial charge is 0.223 e. The summed E-state index contributed by atoms with van der Waals surface area (Å²) in [5, 5.41) is 0. The first-order valence-electron chi connectivity index (χ1n) is 5.80. The van der Waals surface area contributed by atoms with Crippen molar-refractivity contribution >= 4 is 11.6 Å². The van der Waals surface area contributed by atoms with Crippen molar-refractivity contribution in [3.8, 4) is 11.5 Å². The Kier molecular flexibility index (Phi) is 3.28. The number of ether oxygens (including phenoxy) is 2. The molecule has 4 nitrogen and oxygen atoms in total. The standard InChI is InChI=1S/C14H17NO3/c1-9-12-8-14(18-4)13(17-3)7-11(12)5-6-15(9)10(2)16/h7-8H,1,5-6H2,2-4H3. The van der Waals surface area contributed by atoms with Crippen LogP contribution in [0.3, 0.4) is 0 Å². The van der Waals surface area contributed by atoms with Gasteiger partial charge in [-0.15, -0.1) is 0 Å². The minimum absolute atomic E-state index is 0.0143. The molecule has 0 aliphatic carbocycles. The number of hydrogen-bond donors (Lipinski definition) is 0. The van der Waals surface area contributed by atoms with Crippen LogP contribution in [-0.4, -0.2) is 31.6 Å². The van der Waals surface area contributed by atoms with Crippen molar-refractivity contribution in [2.75, 3.05) is 20.8 Å². The molecule has 0 saturated carbocycles. The van der Waals surface area contributed by atoms with Crippen molar-refractivity contribution in [1.29, 1.82) is 0 Å². The van der Waals surface area contributed by atoms with Crippen LogP contribution in [-0.2, 0) is 11.2 Å². The lowest BCUT2D eigenvalue weighted by molar-refractivity contribution is -0.125. The highest BCUT2D eigenvalue weighted by Gasteiger charge is 2.24. The molecule has 1 heterocycles. The molecule has 4 heteroatoms. The minimum Gasteiger partial charge on any atom is -0.493 e. The Morgan fingerprint density at radius 2 is 1.89 bits per heavy atom. The van der Waals surface area contributed by atoms with Crippen LogP contribution in [0, 0.1) is 0 Å². The fraction of sp³-hybridized carbons (Fsp3) is 0.357. The average Bonchev–Trinajstić information content (AvgIpc) is 2.37. The number of nitrogens with zero attached hydrogens (tertiary/aromatic N) is 1. The zero-order valence-corrected chi connectivity index (χ0v) is 10.9. The third-order valence-electron chi connectivity index (χ3n) is 3.23. The second-order valence-electron chi connectivity index (χ2n) is 4.23. The Labute approximate surface area is 107 Å². The molecule has 0 atom stereocenters. The van der Waals surface area contributed by atoms with E-state index in [4.69, 9.17) is 9.47 Å². The summed E-state index contributed by atoms with van der Waals surface area (Å²) in [6.07, 6.45) is 0.800. The van der Waals surface area contributed by atoms with Gasteiger partial charge in [0.1, 0.15) is 0 Å². The van der Waals surface area contributed by atoms with Crippen molar-refractivity contribution in [1.82, 2.24) is 4.90 Å². The van der Waals surface area contributed by atoms with Crippen LogP contribution < -0.4 is 9.47 Å². The molecule has 1 aliphatic rings. The van der Waals surface area contributed by atoms with E-state index in [1.54, 1.807) is 26.0 Å². The van der Waals surface area contributed by atoms with Crippen molar-refractivity contribution in [2.24, 2.45) is 0 Å². The Bertz CT molecular complexity index is 508. The van der Waals surface area contributed by atoms with Crippen molar-refractivity contribution in [3.63, 3.8) is 0 Å². The maximum absolute atomic E-state index is 11.5. The highest BCUT2D eigenvalue weighted by Crippen LogP contribution is 2.36. The zero-order chi connectivity index (χ0) is 13.3. The van der Waals surface area contributed by atoms with E-state index in [1.807, 2.05) is 12.1 Å². The highest BCUT2D eigenvalue weighted by molar-refractivity contribution is 5.86. The van der Waals surface area contributed by atoms with Gasteiger partial charge < -0.3 is 14.4 Å². The third kappa shape index (κ3) is 1.94. The van der Waals surface area contributed by atoms with Crippen LogP contribution >= 0.6 is 0 Å². The summed E-state index contributed by atoms with van der Waals surface area (Å²) >= 11 is 0. The number of amides is 1. The lowest BCUT2D eigenvalue weighted by Gasteiger charge is -2.30. The fourth-order valence-electron chi connectivity index (χ4n) is 2.26. The zero-order valence-electron chi connectivity index (χ0n) is 10.9. The van der Waals surface area contributed by atoms with Gasteiger partial charge in [0.15, 0.2) is 11.5 Å². The van der Waals surface area contributed by atoms with Gasteiger partial charge in [0.2, 0.25) is 5.91 Å². The predicted molar refractivity (Wildman–Crippen MR) is 69.7 cm³/mol. The number of rotatable bonds is 2. The molecule has 0 aromatic heterocycles. The molecule has 0 fully saturated rings. The summed E-state index contributed by atoms with van der Waals surface area (Å²) in [5.74, 6) is 1.38. The van der Waals surface area contributed by atoms with Crippen molar-refractivity contribution in [3.05, 3.63) is 29.8 Å². The first-order valence-corrected chi connectivity index (χ1v) is 5.80. The second kappa shape index (κ2) is 4.72. The third-order valence-corrected chi connectivity index (χ3v) is 3.23. The van der Waals surface area contributed by atoms with E-state index in [0.29, 0.717) is 18.0 Å². The quantitative estimate of drug-likeness (QED) is 0.803. The lowest BCUT2D eigenvalue weighted by Crippen LogP contribution is -2.32. The Hall–Kier alpha value is -1.97. The first-order chi connectivity index (χ1) is 8.58. The molecule has 18 heavy (non-hydrogen) atoms. The molecule has 2 rings (SSSR count). The Morgan fingerprint density at radius 1 is 1.28 bits per heavy atom. The van der Waals surface area contributed by atoms with Gasteiger partial charge in [0.05, 0.1) is 14.2 Å². The summed E-state index contributed by atoms with van der Waals surface area (Å²) in [6.45, 7) is 6.21. The SMILES string of the molecule is C=C1c2cc(OC)c(OC)cc2CCN1C(C)=O. The molecule has 1 aromatic rings. The molecule has 0 N–H and O–H groups in total. The van der Waals surface area contributed by atoms with Gasteiger partial charge in [-0.25, -0.2) is 0 Å². The summed E-state index contributed by atoms with van der Waals surface area (Å²) in [4.78, 5) is 13.2. The number of hydrogen-bond acceptors (Lipinski definition) is 3.